The molecule has 2 aliphatic heterocycles. The maximum atomic E-state index is 15.0. The van der Waals surface area contributed by atoms with Crippen LogP contribution in [0.1, 0.15) is 79.4 Å². The van der Waals surface area contributed by atoms with Crippen LogP contribution in [0.2, 0.25) is 0 Å². The minimum Gasteiger partial charge on any atom is -0.493 e. The van der Waals surface area contributed by atoms with Crippen LogP contribution in [-0.4, -0.2) is 88.8 Å². The van der Waals surface area contributed by atoms with Crippen LogP contribution >= 0.6 is 0 Å². The second-order valence-electron chi connectivity index (χ2n) is 12.9. The largest absolute Gasteiger partial charge is 0.493 e. The fourth-order valence-corrected chi connectivity index (χ4v) is 7.56. The average Bonchev–Trinajstić information content (AvgIpc) is 3.59. The van der Waals surface area contributed by atoms with Gasteiger partial charge in [-0.1, -0.05) is 42.5 Å². The average molecular weight is 695 g/mol. The number of anilines is 1. The Morgan fingerprint density at radius 1 is 0.922 bits per heavy atom. The highest BCUT2D eigenvalue weighted by molar-refractivity contribution is 6.24. The number of aromatic nitrogens is 2. The zero-order chi connectivity index (χ0) is 36.6. The maximum absolute atomic E-state index is 15.0. The highest BCUT2D eigenvalue weighted by Gasteiger charge is 2.54. The molecular weight excluding hydrogens is 652 g/mol. The number of hydrogen-bond acceptors (Lipinski definition) is 9. The van der Waals surface area contributed by atoms with E-state index in [1.165, 1.54) is 24.5 Å². The van der Waals surface area contributed by atoms with Crippen molar-refractivity contribution in [3.8, 4) is 11.5 Å². The van der Waals surface area contributed by atoms with Crippen molar-refractivity contribution in [1.82, 2.24) is 19.6 Å². The molecule has 1 fully saturated rings. The van der Waals surface area contributed by atoms with E-state index in [1.807, 2.05) is 24.3 Å². The van der Waals surface area contributed by atoms with E-state index in [0.29, 0.717) is 35.8 Å². The summed E-state index contributed by atoms with van der Waals surface area (Å²) in [5.41, 5.74) is 6.75. The molecule has 1 saturated heterocycles. The number of benzene rings is 3. The van der Waals surface area contributed by atoms with E-state index in [2.05, 4.69) is 34.0 Å². The van der Waals surface area contributed by atoms with Crippen molar-refractivity contribution in [3.63, 3.8) is 0 Å². The summed E-state index contributed by atoms with van der Waals surface area (Å²) in [6.45, 7) is 8.00. The molecule has 6 rings (SSSR count). The molecule has 2 atom stereocenters. The Hall–Kier alpha value is -5.69. The molecule has 2 aliphatic rings. The lowest BCUT2D eigenvalue weighted by molar-refractivity contribution is -0.118. The Bertz CT molecular complexity index is 2000. The smallest absolute Gasteiger partial charge is 0.339 e. The molecular formula is C38H42N6O7. The number of imide groups is 1. The summed E-state index contributed by atoms with van der Waals surface area (Å²) >= 11 is 0. The van der Waals surface area contributed by atoms with Gasteiger partial charge in [0.15, 0.2) is 17.2 Å². The zero-order valence-corrected chi connectivity index (χ0v) is 29.4. The fraction of sp³-hybridized carbons (Fsp3) is 0.342. The monoisotopic (exact) mass is 694 g/mol. The number of rotatable bonds is 12. The predicted octanol–water partition coefficient (Wildman–Crippen LogP) is 4.36. The first kappa shape index (κ1) is 35.1. The lowest BCUT2D eigenvalue weighted by atomic mass is 9.90. The van der Waals surface area contributed by atoms with Gasteiger partial charge in [0.05, 0.1) is 42.4 Å². The molecule has 3 N–H and O–H groups in total. The quantitative estimate of drug-likeness (QED) is 0.204. The van der Waals surface area contributed by atoms with E-state index in [9.17, 15) is 19.5 Å². The van der Waals surface area contributed by atoms with Crippen LogP contribution in [0.3, 0.4) is 0 Å². The second kappa shape index (κ2) is 13.9. The molecule has 2 unspecified atom stereocenters. The van der Waals surface area contributed by atoms with Crippen LogP contribution in [-0.2, 0) is 10.5 Å². The minimum atomic E-state index is -1.84. The molecule has 0 saturated carbocycles. The zero-order valence-electron chi connectivity index (χ0n) is 29.4. The van der Waals surface area contributed by atoms with Crippen molar-refractivity contribution < 1.29 is 33.8 Å². The van der Waals surface area contributed by atoms with E-state index in [1.54, 1.807) is 44.2 Å². The van der Waals surface area contributed by atoms with Crippen molar-refractivity contribution in [1.29, 1.82) is 0 Å². The van der Waals surface area contributed by atoms with Gasteiger partial charge < -0.3 is 25.2 Å². The molecule has 0 bridgehead atoms. The molecule has 3 aromatic carbocycles. The van der Waals surface area contributed by atoms with Crippen LogP contribution < -0.4 is 20.1 Å². The van der Waals surface area contributed by atoms with E-state index < -0.39 is 29.4 Å². The number of carbonyl (C=O) groups excluding carboxylic acids is 3. The number of carboxylic acid groups (broad SMARTS) is 1. The number of aryl methyl sites for hydroxylation is 1. The lowest BCUT2D eigenvalue weighted by Crippen LogP contribution is -2.55. The summed E-state index contributed by atoms with van der Waals surface area (Å²) < 4.78 is 12.5. The molecule has 13 nitrogen and oxygen atoms in total. The normalized spacial score (nSPS) is 16.5. The van der Waals surface area contributed by atoms with Gasteiger partial charge in [0.1, 0.15) is 5.56 Å². The van der Waals surface area contributed by atoms with Gasteiger partial charge in [-0.2, -0.15) is 5.10 Å². The third kappa shape index (κ3) is 5.97. The lowest BCUT2D eigenvalue weighted by Gasteiger charge is -2.42. The maximum Gasteiger partial charge on any atom is 0.339 e. The van der Waals surface area contributed by atoms with Crippen LogP contribution in [0.5, 0.6) is 11.5 Å². The summed E-state index contributed by atoms with van der Waals surface area (Å²) in [7, 11) is 2.93. The van der Waals surface area contributed by atoms with E-state index in [4.69, 9.17) is 15.2 Å². The highest BCUT2D eigenvalue weighted by Crippen LogP contribution is 2.46. The number of piperazine rings is 1. The Balaban J connectivity index is 1.48. The minimum absolute atomic E-state index is 0.0844. The van der Waals surface area contributed by atoms with Crippen LogP contribution in [0, 0.1) is 13.8 Å². The summed E-state index contributed by atoms with van der Waals surface area (Å²) in [6.07, 6.45) is -0.466. The van der Waals surface area contributed by atoms with Crippen LogP contribution in [0.15, 0.2) is 66.7 Å². The van der Waals surface area contributed by atoms with Gasteiger partial charge in [0.2, 0.25) is 5.91 Å². The Morgan fingerprint density at radius 2 is 1.61 bits per heavy atom. The van der Waals surface area contributed by atoms with Gasteiger partial charge in [-0.05, 0) is 50.6 Å². The van der Waals surface area contributed by atoms with Gasteiger partial charge in [-0.15, -0.1) is 0 Å². The SMILES string of the molecule is COc1ccc(C(CCC(N)=O)(N2C(=O)c3cccc(N4CCN(C(C)c5ccccc5)CC4)c3C2=O)n2nc(C)c(C(=O)O)c2C)cc1OC. The van der Waals surface area contributed by atoms with E-state index >= 15 is 4.79 Å². The first-order valence-electron chi connectivity index (χ1n) is 16.8. The molecule has 0 spiro atoms. The third-order valence-electron chi connectivity index (χ3n) is 10.2. The molecule has 1 aromatic heterocycles. The highest BCUT2D eigenvalue weighted by atomic mass is 16.5. The molecule has 3 amide bonds. The Labute approximate surface area is 296 Å². The number of carboxylic acids is 1. The Kier molecular flexibility index (Phi) is 9.58. The van der Waals surface area contributed by atoms with Crippen molar-refractivity contribution in [2.24, 2.45) is 5.73 Å². The molecule has 266 valence electrons. The van der Waals surface area contributed by atoms with Gasteiger partial charge in [-0.3, -0.25) is 19.3 Å². The van der Waals surface area contributed by atoms with Crippen LogP contribution in [0.25, 0.3) is 0 Å². The standard InChI is InChI=1S/C38H42N6O7/c1-23-33(37(48)49)25(3)44(40-23)38(17-16-32(39)45,27-14-15-30(50-4)31(22-27)51-5)43-35(46)28-12-9-13-29(34(28)36(43)47)42-20-18-41(19-21-42)24(2)26-10-7-6-8-11-26/h6-15,22,24H,16-21H2,1-5H3,(H2,39,45)(H,48,49). The number of primary amides is 1. The van der Waals surface area contributed by atoms with Crippen molar-refractivity contribution in [3.05, 3.63) is 106 Å². The fourth-order valence-electron chi connectivity index (χ4n) is 7.56. The summed E-state index contributed by atoms with van der Waals surface area (Å²) in [6, 6.07) is 20.6. The van der Waals surface area contributed by atoms with E-state index in [0.717, 1.165) is 18.0 Å². The second-order valence-corrected chi connectivity index (χ2v) is 12.9. The number of fused-ring (bicyclic) bond motifs is 1. The summed E-state index contributed by atoms with van der Waals surface area (Å²) in [4.78, 5) is 60.3. The number of methoxy groups -OCH3 is 2. The first-order valence-corrected chi connectivity index (χ1v) is 16.8. The number of hydrogen-bond donors (Lipinski definition) is 2. The van der Waals surface area contributed by atoms with Crippen LogP contribution in [0.4, 0.5) is 5.69 Å². The first-order chi connectivity index (χ1) is 24.4. The molecule has 0 radical (unpaired) electrons. The molecule has 51 heavy (non-hydrogen) atoms. The number of ether oxygens (including phenoxy) is 2. The van der Waals surface area contributed by atoms with Crippen molar-refractivity contribution >= 4 is 29.4 Å². The number of carbonyl (C=O) groups is 4. The molecule has 0 aliphatic carbocycles. The topological polar surface area (TPSA) is 161 Å². The third-order valence-corrected chi connectivity index (χ3v) is 10.2. The molecule has 4 aromatic rings. The number of nitrogens with zero attached hydrogens (tertiary/aromatic N) is 5. The van der Waals surface area contributed by atoms with E-state index in [-0.39, 0.29) is 47.0 Å². The van der Waals surface area contributed by atoms with Gasteiger partial charge in [-0.25, -0.2) is 14.4 Å². The predicted molar refractivity (Wildman–Crippen MR) is 189 cm³/mol. The Morgan fingerprint density at radius 3 is 2.22 bits per heavy atom. The van der Waals surface area contributed by atoms with Gasteiger partial charge in [0.25, 0.3) is 11.8 Å². The van der Waals surface area contributed by atoms with Crippen molar-refractivity contribution in [2.75, 3.05) is 45.3 Å². The summed E-state index contributed by atoms with van der Waals surface area (Å²) in [5.74, 6) is -2.45. The van der Waals surface area contributed by atoms with Gasteiger partial charge in [0, 0.05) is 50.6 Å². The van der Waals surface area contributed by atoms with Crippen molar-refractivity contribution in [2.45, 2.75) is 45.3 Å². The summed E-state index contributed by atoms with van der Waals surface area (Å²) in [5, 5.41) is 14.8. The number of nitrogens with two attached hydrogens (primary N) is 1. The molecule has 13 heteroatoms. The number of aromatic carboxylic acids is 1. The molecule has 3 heterocycles. The number of amides is 3. The van der Waals surface area contributed by atoms with Gasteiger partial charge >= 0.3 is 5.97 Å².